The molecule has 0 amide bonds. The molecule has 0 bridgehead atoms. The van der Waals surface area contributed by atoms with Crippen LogP contribution in [0, 0.1) is 27.7 Å². The Morgan fingerprint density at radius 3 is 0.578 bits per heavy atom. The van der Waals surface area contributed by atoms with Crippen molar-refractivity contribution in [3.05, 3.63) is 58.2 Å². The average Bonchev–Trinajstić information content (AvgIpc) is 0.803. The summed E-state index contributed by atoms with van der Waals surface area (Å²) >= 11 is 0. The van der Waals surface area contributed by atoms with Gasteiger partial charge in [-0.3, -0.25) is 0 Å². The number of rotatable bonds is 69. The molecule has 0 atom stereocenters. The van der Waals surface area contributed by atoms with Crippen LogP contribution in [0.5, 0.6) is 0 Å². The molecule has 0 fully saturated rings. The summed E-state index contributed by atoms with van der Waals surface area (Å²) < 4.78 is 124. The summed E-state index contributed by atoms with van der Waals surface area (Å²) in [5.41, 5.74) is 9.01. The van der Waals surface area contributed by atoms with Gasteiger partial charge in [-0.15, -0.1) is 0 Å². The van der Waals surface area contributed by atoms with Gasteiger partial charge in [-0.05, 0) is 89.7 Å². The van der Waals surface area contributed by atoms with E-state index in [1.54, 1.807) is 11.4 Å². The van der Waals surface area contributed by atoms with Crippen LogP contribution in [0.15, 0.2) is 24.3 Å². The van der Waals surface area contributed by atoms with E-state index in [1.165, 1.54) is 447 Å². The third-order valence-electron chi connectivity index (χ3n) is 20.3. The fourth-order valence-corrected chi connectivity index (χ4v) is 14.7. The minimum absolute atomic E-state index is 1.17. The van der Waals surface area contributed by atoms with Crippen molar-refractivity contribution in [2.75, 3.05) is 39.3 Å². The molecule has 610 valence electrons. The van der Waals surface area contributed by atoms with Gasteiger partial charge in [0, 0.05) is 76.9 Å². The molecule has 0 saturated heterocycles. The van der Waals surface area contributed by atoms with E-state index in [9.17, 15) is 50.4 Å². The van der Waals surface area contributed by atoms with E-state index in [2.05, 4.69) is 98.6 Å². The van der Waals surface area contributed by atoms with Gasteiger partial charge in [0.15, 0.2) is 22.8 Å². The molecular formula is C84H160F12N4P2. The predicted molar refractivity (Wildman–Crippen MR) is 421 cm³/mol. The molecule has 0 aliphatic heterocycles. The van der Waals surface area contributed by atoms with Crippen molar-refractivity contribution in [2.24, 2.45) is 0 Å². The summed E-state index contributed by atoms with van der Waals surface area (Å²) in [6.45, 7) is 28.7. The molecule has 2 rings (SSSR count). The van der Waals surface area contributed by atoms with E-state index in [-0.39, 0.29) is 0 Å². The molecule has 0 unspecified atom stereocenters. The fourth-order valence-electron chi connectivity index (χ4n) is 14.7. The molecule has 0 aromatic carbocycles. The van der Waals surface area contributed by atoms with Gasteiger partial charge in [0.25, 0.3) is 0 Å². The van der Waals surface area contributed by atoms with Crippen molar-refractivity contribution < 1.29 is 59.5 Å². The number of hydrogen-bond acceptors (Lipinski definition) is 2. The van der Waals surface area contributed by atoms with Crippen molar-refractivity contribution in [1.29, 1.82) is 0 Å². The van der Waals surface area contributed by atoms with Crippen LogP contribution in [-0.4, -0.2) is 49.1 Å². The normalized spacial score (nSPS) is 13.4. The zero-order chi connectivity index (χ0) is 76.1. The van der Waals surface area contributed by atoms with Crippen molar-refractivity contribution in [3.8, 4) is 0 Å². The number of pyridine rings is 2. The molecule has 2 heterocycles. The third kappa shape index (κ3) is 77.8. The molecule has 0 aliphatic carbocycles. The Hall–Kier alpha value is -1.76. The Morgan fingerprint density at radius 1 is 0.225 bits per heavy atom. The van der Waals surface area contributed by atoms with Crippen LogP contribution in [0.3, 0.4) is 0 Å². The zero-order valence-corrected chi connectivity index (χ0v) is 69.0. The number of unbranched alkanes of at least 4 members (excludes halogenated alkanes) is 49. The van der Waals surface area contributed by atoms with Crippen LogP contribution < -0.4 is 9.13 Å². The van der Waals surface area contributed by atoms with Crippen LogP contribution in [0.1, 0.15) is 421 Å². The number of hydrogen-bond donors (Lipinski definition) is 0. The molecule has 0 N–H and O–H groups in total. The van der Waals surface area contributed by atoms with Gasteiger partial charge in [0.1, 0.15) is 13.1 Å². The summed E-state index contributed by atoms with van der Waals surface area (Å²) in [5, 5.41) is 0. The van der Waals surface area contributed by atoms with Gasteiger partial charge < -0.3 is 9.80 Å². The molecule has 2 aromatic heterocycles. The standard InChI is InChI=1S/C84H160N4.2F6P/c1-9-13-17-21-25-29-33-37-39-43-47-51-55-59-67-85(71-63-73-87-81(7)75-79(5)77-83(87)65-57-53-49-45-41-35-31-27-23-19-15-11-3)69-61-62-70-86(68-60-56-52-48-44-40-38-34-30-26-22-18-14-10-2)72-64-74-88-82(8)76-80(6)78-84(88)66-58-54-50-46-42-36-32-28-24-20-16-12-4;2*1-7(2,3,4,5)6/h75-78H,9-74H2,1-8H3;;/q+2;2*-1. The average molecular weight is 1520 g/mol. The first-order valence-corrected chi connectivity index (χ1v) is 46.9. The Morgan fingerprint density at radius 2 is 0.382 bits per heavy atom. The van der Waals surface area contributed by atoms with Crippen LogP contribution >= 0.6 is 15.6 Å². The number of aromatic nitrogens is 2. The fraction of sp³-hybridized carbons (Fsp3) is 0.881. The molecule has 0 spiro atoms. The summed E-state index contributed by atoms with van der Waals surface area (Å²) in [7, 11) is -21.3. The molecule has 4 nitrogen and oxygen atoms in total. The van der Waals surface area contributed by atoms with E-state index in [0.717, 1.165) is 0 Å². The van der Waals surface area contributed by atoms with Gasteiger partial charge in [-0.2, -0.15) is 9.13 Å². The topological polar surface area (TPSA) is 14.2 Å². The first kappa shape index (κ1) is 100. The second kappa shape index (κ2) is 58.2. The number of nitrogens with zero attached hydrogens (tertiary/aromatic N) is 4. The van der Waals surface area contributed by atoms with Gasteiger partial charge in [-0.25, -0.2) is 0 Å². The molecular weight excluding hydrogens is 1350 g/mol. The first-order chi connectivity index (χ1) is 48.2. The quantitative estimate of drug-likeness (QED) is 0.0284. The van der Waals surface area contributed by atoms with Gasteiger partial charge in [0.2, 0.25) is 0 Å². The number of aryl methyl sites for hydroxylation is 6. The van der Waals surface area contributed by atoms with E-state index in [1.807, 2.05) is 0 Å². The molecule has 18 heteroatoms. The minimum atomic E-state index is -10.7. The van der Waals surface area contributed by atoms with Gasteiger partial charge in [-0.1, -0.05) is 336 Å². The van der Waals surface area contributed by atoms with Gasteiger partial charge in [0.05, 0.1) is 0 Å². The van der Waals surface area contributed by atoms with E-state index >= 15 is 0 Å². The van der Waals surface area contributed by atoms with Crippen LogP contribution in [0.2, 0.25) is 0 Å². The monoisotopic (exact) mass is 1520 g/mol. The molecule has 102 heavy (non-hydrogen) atoms. The second-order valence-electron chi connectivity index (χ2n) is 31.1. The van der Waals surface area contributed by atoms with Crippen LogP contribution in [0.4, 0.5) is 50.4 Å². The molecule has 2 aromatic rings. The van der Waals surface area contributed by atoms with Crippen molar-refractivity contribution in [3.63, 3.8) is 0 Å². The first-order valence-electron chi connectivity index (χ1n) is 42.8. The Balaban J connectivity index is 0.00000655. The summed E-state index contributed by atoms with van der Waals surface area (Å²) in [6.07, 6.45) is 82.1. The maximum absolute atomic E-state index is 10.7. The Bertz CT molecular complexity index is 2080. The third-order valence-corrected chi connectivity index (χ3v) is 20.3. The van der Waals surface area contributed by atoms with Crippen LogP contribution in [-0.2, 0) is 25.9 Å². The summed E-state index contributed by atoms with van der Waals surface area (Å²) in [6, 6.07) is 9.95. The second-order valence-corrected chi connectivity index (χ2v) is 35.0. The van der Waals surface area contributed by atoms with E-state index < -0.39 is 15.6 Å². The predicted octanol–water partition coefficient (Wildman–Crippen LogP) is 32.6. The van der Waals surface area contributed by atoms with E-state index in [4.69, 9.17) is 0 Å². The van der Waals surface area contributed by atoms with Crippen molar-refractivity contribution >= 4 is 15.6 Å². The maximum atomic E-state index is 9.87. The van der Waals surface area contributed by atoms with Crippen LogP contribution in [0.25, 0.3) is 0 Å². The van der Waals surface area contributed by atoms with Crippen molar-refractivity contribution in [2.45, 2.75) is 441 Å². The van der Waals surface area contributed by atoms with Gasteiger partial charge >= 0.3 is 66.0 Å². The molecule has 0 radical (unpaired) electrons. The summed E-state index contributed by atoms with van der Waals surface area (Å²) in [5.74, 6) is 0. The van der Waals surface area contributed by atoms with Crippen molar-refractivity contribution in [1.82, 2.24) is 9.80 Å². The molecule has 0 saturated carbocycles. The Labute approximate surface area is 620 Å². The zero-order valence-electron chi connectivity index (χ0n) is 67.2. The number of halogens is 12. The SMILES string of the molecule is CCCCCCCCCCCCCCCCN(CCCCN(CCCCCCCCCCCCCCCC)CCC[n+]1c(C)cc(C)cc1CCCCCCCCCCCCCC)CCC[n+]1c(C)cc(C)cc1CCCCCCCCCCCCCC.F[P-](F)(F)(F)(F)F.F[P-](F)(F)(F)(F)F. The van der Waals surface area contributed by atoms with E-state index in [0.29, 0.717) is 0 Å². The molecule has 0 aliphatic rings. The Kier molecular flexibility index (Phi) is 57.2. The summed E-state index contributed by atoms with van der Waals surface area (Å²) in [4.78, 5) is 5.84.